The molecule has 2 aliphatic rings. The predicted octanol–water partition coefficient (Wildman–Crippen LogP) is 3.59. The van der Waals surface area contributed by atoms with Crippen LogP contribution in [0.5, 0.6) is 5.75 Å². The minimum Gasteiger partial charge on any atom is -0.497 e. The van der Waals surface area contributed by atoms with Crippen LogP contribution >= 0.6 is 0 Å². The van der Waals surface area contributed by atoms with E-state index in [1.165, 1.54) is 26.2 Å². The normalized spacial score (nSPS) is 22.1. The zero-order valence-electron chi connectivity index (χ0n) is 25.7. The van der Waals surface area contributed by atoms with Gasteiger partial charge in [0.25, 0.3) is 0 Å². The van der Waals surface area contributed by atoms with E-state index in [-0.39, 0.29) is 36.0 Å². The second-order valence-electron chi connectivity index (χ2n) is 12.4. The molecule has 4 rings (SSSR count). The summed E-state index contributed by atoms with van der Waals surface area (Å²) in [4.78, 5) is 25.0. The zero-order chi connectivity index (χ0) is 31.9. The first-order chi connectivity index (χ1) is 20.9. The maximum absolute atomic E-state index is 13.6. The lowest BCUT2D eigenvalue weighted by atomic mass is 9.79. The van der Waals surface area contributed by atoms with Gasteiger partial charge in [-0.05, 0) is 67.9 Å². The fraction of sp³-hybridized carbons (Fsp3) is 0.562. The molecule has 0 bridgehead atoms. The number of hydrogen-bond acceptors (Lipinski definition) is 9. The van der Waals surface area contributed by atoms with Crippen molar-refractivity contribution >= 4 is 21.9 Å². The smallest absolute Gasteiger partial charge is 0.407 e. The number of alkyl carbamates (subject to hydrolysis) is 1. The fourth-order valence-electron chi connectivity index (χ4n) is 5.74. The summed E-state index contributed by atoms with van der Waals surface area (Å²) in [5.41, 5.74) is 0.300. The Balaban J connectivity index is 1.59. The molecule has 6 atom stereocenters. The number of hydrogen-bond donors (Lipinski definition) is 3. The van der Waals surface area contributed by atoms with Crippen LogP contribution in [0.15, 0.2) is 59.5 Å². The number of carbonyl (C=O) groups excluding carboxylic acids is 2. The molecule has 2 aromatic carbocycles. The molecule has 44 heavy (non-hydrogen) atoms. The highest BCUT2D eigenvalue weighted by atomic mass is 32.2. The second-order valence-corrected chi connectivity index (χ2v) is 14.1. The van der Waals surface area contributed by atoms with Gasteiger partial charge in [0.2, 0.25) is 10.0 Å². The second kappa shape index (κ2) is 14.8. The highest BCUT2D eigenvalue weighted by Crippen LogP contribution is 2.34. The molecule has 242 valence electrons. The van der Waals surface area contributed by atoms with E-state index >= 15 is 0 Å². The van der Waals surface area contributed by atoms with Crippen LogP contribution in [0.4, 0.5) is 4.79 Å². The van der Waals surface area contributed by atoms with Gasteiger partial charge < -0.3 is 34.2 Å². The molecule has 12 heteroatoms. The molecular formula is C32H44N2O9S. The topological polar surface area (TPSA) is 149 Å². The Morgan fingerprint density at radius 2 is 1.77 bits per heavy atom. The summed E-state index contributed by atoms with van der Waals surface area (Å²) < 4.78 is 51.9. The SMILES string of the molecule is COc1ccc(S(=O)(=O)NC(CC(C)(C)CCC(C)=O)[C@H](O)[C@H](Cc2ccccc2)NC(=O)O[C@H]2CO[C@H]3OCC[C@H]32)cc1. The molecule has 0 aromatic heterocycles. The number of fused-ring (bicyclic) bond motifs is 1. The molecule has 11 nitrogen and oxygen atoms in total. The van der Waals surface area contributed by atoms with Crippen LogP contribution in [0.3, 0.4) is 0 Å². The van der Waals surface area contributed by atoms with E-state index in [0.717, 1.165) is 5.56 Å². The summed E-state index contributed by atoms with van der Waals surface area (Å²) in [7, 11) is -2.62. The van der Waals surface area contributed by atoms with Crippen LogP contribution in [0.25, 0.3) is 0 Å². The van der Waals surface area contributed by atoms with Gasteiger partial charge in [0.1, 0.15) is 17.6 Å². The Kier molecular flexibility index (Phi) is 11.4. The first kappa shape index (κ1) is 33.9. The monoisotopic (exact) mass is 632 g/mol. The molecule has 2 aromatic rings. The third kappa shape index (κ3) is 9.24. The van der Waals surface area contributed by atoms with Gasteiger partial charge in [-0.3, -0.25) is 0 Å². The first-order valence-corrected chi connectivity index (χ1v) is 16.4. The van der Waals surface area contributed by atoms with Gasteiger partial charge >= 0.3 is 6.09 Å². The van der Waals surface area contributed by atoms with Gasteiger partial charge in [-0.25, -0.2) is 17.9 Å². The van der Waals surface area contributed by atoms with Crippen molar-refractivity contribution < 1.29 is 42.1 Å². The van der Waals surface area contributed by atoms with Gasteiger partial charge in [-0.2, -0.15) is 0 Å². The number of ether oxygens (including phenoxy) is 4. The Morgan fingerprint density at radius 1 is 1.07 bits per heavy atom. The lowest BCUT2D eigenvalue weighted by molar-refractivity contribution is -0.117. The van der Waals surface area contributed by atoms with Crippen LogP contribution in [-0.4, -0.2) is 76.3 Å². The molecule has 0 spiro atoms. The molecule has 0 aliphatic carbocycles. The number of amides is 1. The number of Topliss-reactive ketones (excluding diaryl/α,β-unsaturated/α-hetero) is 1. The Labute approximate surface area is 259 Å². The predicted molar refractivity (Wildman–Crippen MR) is 163 cm³/mol. The lowest BCUT2D eigenvalue weighted by Gasteiger charge is -2.36. The van der Waals surface area contributed by atoms with Crippen molar-refractivity contribution in [2.75, 3.05) is 20.3 Å². The van der Waals surface area contributed by atoms with E-state index in [4.69, 9.17) is 18.9 Å². The standard InChI is InChI=1S/C32H44N2O9S/c1-21(35)14-16-32(2,3)19-27(34-44(38,39)24-12-10-23(40-4)11-13-24)29(36)26(18-22-8-6-5-7-9-22)33-31(37)43-28-20-42-30-25(28)15-17-41-30/h5-13,25-30,34,36H,14-20H2,1-4H3,(H,33,37)/t25-,26-,27?,28-,29+,30+/m0/s1. The number of ketones is 1. The highest BCUT2D eigenvalue weighted by Gasteiger charge is 2.44. The van der Waals surface area contributed by atoms with Gasteiger partial charge in [0.15, 0.2) is 6.29 Å². The summed E-state index contributed by atoms with van der Waals surface area (Å²) in [6.45, 7) is 6.09. The molecule has 3 N–H and O–H groups in total. The van der Waals surface area contributed by atoms with Crippen LogP contribution in [-0.2, 0) is 35.4 Å². The Bertz CT molecular complexity index is 1350. The third-order valence-electron chi connectivity index (χ3n) is 8.27. The summed E-state index contributed by atoms with van der Waals surface area (Å²) in [6, 6.07) is 13.3. The van der Waals surface area contributed by atoms with Gasteiger partial charge in [0.05, 0.1) is 49.3 Å². The van der Waals surface area contributed by atoms with E-state index in [0.29, 0.717) is 31.6 Å². The van der Waals surface area contributed by atoms with Crippen molar-refractivity contribution in [1.29, 1.82) is 0 Å². The van der Waals surface area contributed by atoms with Crippen LogP contribution in [0.1, 0.15) is 52.0 Å². The van der Waals surface area contributed by atoms with E-state index in [1.807, 2.05) is 44.2 Å². The number of methoxy groups -OCH3 is 1. The van der Waals surface area contributed by atoms with Crippen molar-refractivity contribution in [1.82, 2.24) is 10.0 Å². The molecule has 2 saturated heterocycles. The quantitative estimate of drug-likeness (QED) is 0.268. The largest absolute Gasteiger partial charge is 0.497 e. The molecule has 2 aliphatic heterocycles. The lowest BCUT2D eigenvalue weighted by Crippen LogP contribution is -2.56. The molecule has 1 amide bonds. The maximum Gasteiger partial charge on any atom is 0.407 e. The number of carbonyl (C=O) groups is 2. The van der Waals surface area contributed by atoms with Crippen LogP contribution < -0.4 is 14.8 Å². The molecule has 0 saturated carbocycles. The minimum atomic E-state index is -4.10. The molecule has 2 heterocycles. The number of aliphatic hydroxyl groups is 1. The van der Waals surface area contributed by atoms with Gasteiger partial charge in [-0.15, -0.1) is 0 Å². The molecule has 0 radical (unpaired) electrons. The van der Waals surface area contributed by atoms with E-state index < -0.39 is 52.1 Å². The number of sulfonamides is 1. The Morgan fingerprint density at radius 3 is 2.43 bits per heavy atom. The fourth-order valence-corrected chi connectivity index (χ4v) is 6.99. The van der Waals surface area contributed by atoms with E-state index in [9.17, 15) is 23.1 Å². The van der Waals surface area contributed by atoms with Crippen LogP contribution in [0, 0.1) is 11.3 Å². The summed E-state index contributed by atoms with van der Waals surface area (Å²) >= 11 is 0. The molecular weight excluding hydrogens is 588 g/mol. The summed E-state index contributed by atoms with van der Waals surface area (Å²) in [5, 5.41) is 14.7. The zero-order valence-corrected chi connectivity index (χ0v) is 26.5. The summed E-state index contributed by atoms with van der Waals surface area (Å²) in [5.74, 6) is 0.454. The summed E-state index contributed by atoms with van der Waals surface area (Å²) in [6.07, 6.45) is -1.08. The number of aliphatic hydroxyl groups excluding tert-OH is 1. The number of nitrogens with one attached hydrogen (secondary N) is 2. The third-order valence-corrected chi connectivity index (χ3v) is 9.78. The van der Waals surface area contributed by atoms with E-state index in [2.05, 4.69) is 10.0 Å². The first-order valence-electron chi connectivity index (χ1n) is 14.9. The average Bonchev–Trinajstić information content (AvgIpc) is 3.61. The average molecular weight is 633 g/mol. The van der Waals surface area contributed by atoms with E-state index in [1.54, 1.807) is 12.1 Å². The van der Waals surface area contributed by atoms with Crippen LogP contribution in [0.2, 0.25) is 0 Å². The molecule has 2 fully saturated rings. The number of rotatable bonds is 15. The van der Waals surface area contributed by atoms with Crippen molar-refractivity contribution in [3.63, 3.8) is 0 Å². The van der Waals surface area contributed by atoms with Crippen molar-refractivity contribution in [3.05, 3.63) is 60.2 Å². The van der Waals surface area contributed by atoms with Crippen molar-refractivity contribution in [3.8, 4) is 5.75 Å². The minimum absolute atomic E-state index is 0.00131. The van der Waals surface area contributed by atoms with Crippen molar-refractivity contribution in [2.45, 2.75) is 88.4 Å². The van der Waals surface area contributed by atoms with Gasteiger partial charge in [0, 0.05) is 6.42 Å². The molecule has 1 unspecified atom stereocenters. The Hall–Kier alpha value is -3.03. The highest BCUT2D eigenvalue weighted by molar-refractivity contribution is 7.89. The van der Waals surface area contributed by atoms with Gasteiger partial charge in [-0.1, -0.05) is 44.2 Å². The maximum atomic E-state index is 13.6. The number of benzene rings is 2. The van der Waals surface area contributed by atoms with Crippen molar-refractivity contribution in [2.24, 2.45) is 11.3 Å².